The third-order valence-electron chi connectivity index (χ3n) is 5.23. The maximum Gasteiger partial charge on any atom is 0.387 e. The van der Waals surface area contributed by atoms with Crippen molar-refractivity contribution in [2.75, 3.05) is 19.6 Å². The summed E-state index contributed by atoms with van der Waals surface area (Å²) < 4.78 is 28.9. The number of piperidine rings is 1. The number of ether oxygens (including phenoxy) is 1. The van der Waals surface area contributed by atoms with Crippen LogP contribution in [-0.4, -0.2) is 48.3 Å². The van der Waals surface area contributed by atoms with E-state index in [2.05, 4.69) is 15.0 Å². The van der Waals surface area contributed by atoms with Gasteiger partial charge in [0.2, 0.25) is 5.91 Å². The summed E-state index contributed by atoms with van der Waals surface area (Å²) in [6.45, 7) is 5.96. The summed E-state index contributed by atoms with van der Waals surface area (Å²) in [6.07, 6.45) is 1.96. The molecule has 0 aromatic heterocycles. The largest absolute Gasteiger partial charge is 0.435 e. The lowest BCUT2D eigenvalue weighted by Crippen LogP contribution is -2.43. The molecule has 1 aliphatic rings. The van der Waals surface area contributed by atoms with Gasteiger partial charge >= 0.3 is 6.61 Å². The normalized spacial score (nSPS) is 17.5. The number of nitrogens with zero attached hydrogens (tertiary/aromatic N) is 1. The molecule has 1 unspecified atom stereocenters. The van der Waals surface area contributed by atoms with Crippen LogP contribution in [0.2, 0.25) is 0 Å². The molecule has 158 valence electrons. The molecule has 1 heterocycles. The second-order valence-electron chi connectivity index (χ2n) is 8.63. The number of amides is 1. The number of carbonyl (C=O) groups is 1. The van der Waals surface area contributed by atoms with Gasteiger partial charge in [0.05, 0.1) is 6.10 Å². The van der Waals surface area contributed by atoms with Crippen LogP contribution in [0.5, 0.6) is 5.75 Å². The summed E-state index contributed by atoms with van der Waals surface area (Å²) in [6, 6.07) is 6.35. The standard InChI is InChI=1S/C21H32F2N2O3/c1-21(2,3)18(26)14-25-9-7-15(8-10-25)12-19(27)24-13-16-5-4-6-17(11-16)28-20(22)23/h4-6,11,15,18,20,26H,7-10,12-14H2,1-3H3,(H,24,27). The molecule has 1 aromatic rings. The van der Waals surface area contributed by atoms with Gasteiger partial charge in [-0.05, 0) is 55.0 Å². The fourth-order valence-electron chi connectivity index (χ4n) is 3.26. The Morgan fingerprint density at radius 1 is 1.32 bits per heavy atom. The van der Waals surface area contributed by atoms with Crippen molar-refractivity contribution in [1.82, 2.24) is 10.2 Å². The molecule has 0 radical (unpaired) electrons. The van der Waals surface area contributed by atoms with Crippen molar-refractivity contribution in [3.05, 3.63) is 29.8 Å². The lowest BCUT2D eigenvalue weighted by Gasteiger charge is -2.36. The van der Waals surface area contributed by atoms with Crippen molar-refractivity contribution in [3.63, 3.8) is 0 Å². The lowest BCUT2D eigenvalue weighted by atomic mass is 9.87. The van der Waals surface area contributed by atoms with Crippen LogP contribution < -0.4 is 10.1 Å². The highest BCUT2D eigenvalue weighted by Crippen LogP contribution is 2.24. The van der Waals surface area contributed by atoms with Crippen molar-refractivity contribution in [2.24, 2.45) is 11.3 Å². The van der Waals surface area contributed by atoms with E-state index >= 15 is 0 Å². The fourth-order valence-corrected chi connectivity index (χ4v) is 3.26. The summed E-state index contributed by atoms with van der Waals surface area (Å²) in [5.74, 6) is 0.386. The summed E-state index contributed by atoms with van der Waals surface area (Å²) in [4.78, 5) is 14.5. The molecule has 1 aliphatic heterocycles. The number of β-amino-alcohol motifs (C(OH)–C–C–N with tert-alkyl or cyclic N) is 1. The van der Waals surface area contributed by atoms with Crippen LogP contribution in [0.25, 0.3) is 0 Å². The summed E-state index contributed by atoms with van der Waals surface area (Å²) in [7, 11) is 0. The number of hydrogen-bond donors (Lipinski definition) is 2. The Kier molecular flexibility index (Phi) is 8.19. The van der Waals surface area contributed by atoms with Crippen molar-refractivity contribution < 1.29 is 23.4 Å². The quantitative estimate of drug-likeness (QED) is 0.705. The van der Waals surface area contributed by atoms with E-state index in [9.17, 15) is 18.7 Å². The third kappa shape index (κ3) is 7.72. The summed E-state index contributed by atoms with van der Waals surface area (Å²) in [5.41, 5.74) is 0.589. The highest BCUT2D eigenvalue weighted by atomic mass is 19.3. The first-order valence-corrected chi connectivity index (χ1v) is 9.84. The second-order valence-corrected chi connectivity index (χ2v) is 8.63. The molecule has 7 heteroatoms. The molecule has 1 atom stereocenters. The third-order valence-corrected chi connectivity index (χ3v) is 5.23. The van der Waals surface area contributed by atoms with E-state index < -0.39 is 6.61 Å². The number of carbonyl (C=O) groups excluding carboxylic acids is 1. The molecule has 1 amide bonds. The first kappa shape index (κ1) is 22.6. The highest BCUT2D eigenvalue weighted by molar-refractivity contribution is 5.76. The Morgan fingerprint density at radius 2 is 2.00 bits per heavy atom. The van der Waals surface area contributed by atoms with Crippen LogP contribution in [0, 0.1) is 11.3 Å². The predicted octanol–water partition coefficient (Wildman–Crippen LogP) is 3.41. The van der Waals surface area contributed by atoms with Crippen LogP contribution in [0.3, 0.4) is 0 Å². The minimum absolute atomic E-state index is 0.0339. The maximum atomic E-state index is 12.3. The number of aliphatic hydroxyl groups excluding tert-OH is 1. The smallest absolute Gasteiger partial charge is 0.387 e. The maximum absolute atomic E-state index is 12.3. The molecule has 28 heavy (non-hydrogen) atoms. The van der Waals surface area contributed by atoms with Gasteiger partial charge in [0.25, 0.3) is 0 Å². The number of likely N-dealkylation sites (tertiary alicyclic amines) is 1. The number of alkyl halides is 2. The van der Waals surface area contributed by atoms with Gasteiger partial charge in [-0.2, -0.15) is 8.78 Å². The lowest BCUT2D eigenvalue weighted by molar-refractivity contribution is -0.122. The average molecular weight is 398 g/mol. The van der Waals surface area contributed by atoms with E-state index in [0.717, 1.165) is 31.5 Å². The molecule has 1 aromatic carbocycles. The molecule has 2 rings (SSSR count). The molecular weight excluding hydrogens is 366 g/mol. The van der Waals surface area contributed by atoms with Crippen LogP contribution in [-0.2, 0) is 11.3 Å². The van der Waals surface area contributed by atoms with Crippen LogP contribution >= 0.6 is 0 Å². The van der Waals surface area contributed by atoms with E-state index in [0.29, 0.717) is 18.9 Å². The molecule has 0 bridgehead atoms. The summed E-state index contributed by atoms with van der Waals surface area (Å²) >= 11 is 0. The van der Waals surface area contributed by atoms with Crippen LogP contribution in [0.15, 0.2) is 24.3 Å². The number of halogens is 2. The van der Waals surface area contributed by atoms with Crippen LogP contribution in [0.4, 0.5) is 8.78 Å². The van der Waals surface area contributed by atoms with E-state index in [1.54, 1.807) is 12.1 Å². The van der Waals surface area contributed by atoms with Crippen LogP contribution in [0.1, 0.15) is 45.6 Å². The Morgan fingerprint density at radius 3 is 2.61 bits per heavy atom. The predicted molar refractivity (Wildman–Crippen MR) is 104 cm³/mol. The monoisotopic (exact) mass is 398 g/mol. The Bertz CT molecular complexity index is 626. The van der Waals surface area contributed by atoms with Gasteiger partial charge in [-0.3, -0.25) is 4.79 Å². The van der Waals surface area contributed by atoms with Gasteiger partial charge in [0, 0.05) is 19.5 Å². The zero-order chi connectivity index (χ0) is 20.7. The molecule has 0 saturated carbocycles. The number of benzene rings is 1. The number of rotatable bonds is 8. The van der Waals surface area contributed by atoms with E-state index in [1.807, 2.05) is 20.8 Å². The fraction of sp³-hybridized carbons (Fsp3) is 0.667. The second kappa shape index (κ2) is 10.2. The molecular formula is C21H32F2N2O3. The Labute approximate surface area is 166 Å². The molecule has 2 N–H and O–H groups in total. The van der Waals surface area contributed by atoms with Gasteiger partial charge in [-0.25, -0.2) is 0 Å². The van der Waals surface area contributed by atoms with E-state index in [4.69, 9.17) is 0 Å². The van der Waals surface area contributed by atoms with E-state index in [-0.39, 0.29) is 29.7 Å². The van der Waals surface area contributed by atoms with Crippen molar-refractivity contribution in [1.29, 1.82) is 0 Å². The zero-order valence-electron chi connectivity index (χ0n) is 17.0. The first-order valence-electron chi connectivity index (χ1n) is 9.84. The number of aliphatic hydroxyl groups is 1. The van der Waals surface area contributed by atoms with Gasteiger partial charge in [-0.1, -0.05) is 32.9 Å². The van der Waals surface area contributed by atoms with Crippen molar-refractivity contribution in [3.8, 4) is 5.75 Å². The van der Waals surface area contributed by atoms with Gasteiger partial charge < -0.3 is 20.1 Å². The van der Waals surface area contributed by atoms with Gasteiger partial charge in [0.1, 0.15) is 5.75 Å². The Balaban J connectivity index is 1.70. The van der Waals surface area contributed by atoms with Crippen molar-refractivity contribution >= 4 is 5.91 Å². The first-order chi connectivity index (χ1) is 13.1. The average Bonchev–Trinajstić information content (AvgIpc) is 2.60. The molecule has 1 saturated heterocycles. The van der Waals surface area contributed by atoms with Crippen molar-refractivity contribution in [2.45, 2.75) is 59.3 Å². The minimum Gasteiger partial charge on any atom is -0.435 e. The number of hydrogen-bond acceptors (Lipinski definition) is 4. The summed E-state index contributed by atoms with van der Waals surface area (Å²) in [5, 5.41) is 13.1. The molecule has 0 aliphatic carbocycles. The molecule has 0 spiro atoms. The SMILES string of the molecule is CC(C)(C)C(O)CN1CCC(CC(=O)NCc2cccc(OC(F)F)c2)CC1. The minimum atomic E-state index is -2.86. The van der Waals surface area contributed by atoms with Gasteiger partial charge in [0.15, 0.2) is 0 Å². The van der Waals surface area contributed by atoms with Gasteiger partial charge in [-0.15, -0.1) is 0 Å². The topological polar surface area (TPSA) is 61.8 Å². The zero-order valence-corrected chi connectivity index (χ0v) is 17.0. The highest BCUT2D eigenvalue weighted by Gasteiger charge is 2.27. The molecule has 5 nitrogen and oxygen atoms in total. The van der Waals surface area contributed by atoms with E-state index in [1.165, 1.54) is 12.1 Å². The Hall–Kier alpha value is -1.73. The molecule has 1 fully saturated rings. The number of nitrogens with one attached hydrogen (secondary N) is 1.